The standard InChI is InChI=1S/C32H50N2O10Si2/c1-21(2)45(22(3)4)41-18-26-29(43-46(44-45,23(5)6)24(7)8)30(40-19-28(36)38-9)31(42-26)33-16-15-27(35)34(32(33)37)20-39-17-25-13-11-10-12-14-25/h10-16,21-24,26,29-31H,17-20H2,1-9H3/t26-,29-,30-,31-/m1/s1. The maximum atomic E-state index is 13.9. The molecule has 4 rings (SSSR count). The Morgan fingerprint density at radius 2 is 1.57 bits per heavy atom. The molecular weight excluding hydrogens is 629 g/mol. The molecule has 1 aromatic heterocycles. The average molecular weight is 679 g/mol. The Bertz CT molecular complexity index is 1410. The molecule has 0 spiro atoms. The van der Waals surface area contributed by atoms with Crippen molar-refractivity contribution < 1.29 is 36.7 Å². The van der Waals surface area contributed by atoms with Gasteiger partial charge >= 0.3 is 28.8 Å². The quantitative estimate of drug-likeness (QED) is 0.232. The second kappa shape index (κ2) is 15.2. The van der Waals surface area contributed by atoms with Crippen molar-refractivity contribution in [2.24, 2.45) is 0 Å². The van der Waals surface area contributed by atoms with Gasteiger partial charge in [0.25, 0.3) is 5.56 Å². The van der Waals surface area contributed by atoms with Gasteiger partial charge in [-0.05, 0) is 27.7 Å². The van der Waals surface area contributed by atoms with Crippen LogP contribution < -0.4 is 11.2 Å². The van der Waals surface area contributed by atoms with Gasteiger partial charge in [0.1, 0.15) is 31.6 Å². The van der Waals surface area contributed by atoms with Gasteiger partial charge in [-0.25, -0.2) is 14.2 Å². The van der Waals surface area contributed by atoms with E-state index in [9.17, 15) is 14.4 Å². The highest BCUT2D eigenvalue weighted by Gasteiger charge is 2.62. The Morgan fingerprint density at radius 3 is 2.15 bits per heavy atom. The molecule has 0 unspecified atom stereocenters. The molecule has 3 heterocycles. The Kier molecular flexibility index (Phi) is 12.0. The zero-order chi connectivity index (χ0) is 33.8. The van der Waals surface area contributed by atoms with Crippen molar-refractivity contribution in [2.45, 2.75) is 115 Å². The lowest BCUT2D eigenvalue weighted by Crippen LogP contribution is -2.66. The fraction of sp³-hybridized carbons (Fsp3) is 0.656. The third kappa shape index (κ3) is 7.33. The Hall–Kier alpha value is -2.44. The molecule has 12 nitrogen and oxygen atoms in total. The second-order valence-electron chi connectivity index (χ2n) is 13.2. The lowest BCUT2D eigenvalue weighted by molar-refractivity contribution is -0.152. The van der Waals surface area contributed by atoms with Gasteiger partial charge in [-0.1, -0.05) is 85.7 Å². The first-order valence-electron chi connectivity index (χ1n) is 16.1. The topological polar surface area (TPSA) is 126 Å². The lowest BCUT2D eigenvalue weighted by atomic mass is 10.1. The van der Waals surface area contributed by atoms with Gasteiger partial charge in [0.2, 0.25) is 0 Å². The SMILES string of the molecule is COC(=O)CO[C@@H]1[C@@H]2O[Si](C(C)C)(C(C)C)O[Si](C(C)C)(C(C)C)OC[C@H]2O[C@H]1n1ccc(=O)n(COCc2ccccc2)c1=O. The van der Waals surface area contributed by atoms with Crippen LogP contribution in [0.25, 0.3) is 0 Å². The number of benzene rings is 1. The highest BCUT2D eigenvalue weighted by Crippen LogP contribution is 2.48. The summed E-state index contributed by atoms with van der Waals surface area (Å²) >= 11 is 0. The van der Waals surface area contributed by atoms with Gasteiger partial charge in [0.05, 0.1) is 20.3 Å². The van der Waals surface area contributed by atoms with Crippen molar-refractivity contribution in [3.8, 4) is 0 Å². The molecule has 0 amide bonds. The molecule has 256 valence electrons. The molecule has 0 radical (unpaired) electrons. The maximum Gasteiger partial charge on any atom is 0.335 e. The van der Waals surface area contributed by atoms with Gasteiger partial charge in [0, 0.05) is 12.3 Å². The number of aromatic nitrogens is 2. The molecule has 2 aliphatic rings. The van der Waals surface area contributed by atoms with Crippen molar-refractivity contribution >= 4 is 23.1 Å². The fourth-order valence-electron chi connectivity index (χ4n) is 6.42. The molecule has 0 saturated carbocycles. The molecule has 14 heteroatoms. The first-order chi connectivity index (χ1) is 21.8. The number of carbonyl (C=O) groups is 1. The monoisotopic (exact) mass is 678 g/mol. The number of rotatable bonds is 12. The third-order valence-corrected chi connectivity index (χ3v) is 19.2. The minimum atomic E-state index is -3.09. The van der Waals surface area contributed by atoms with Crippen LogP contribution >= 0.6 is 0 Å². The summed E-state index contributed by atoms with van der Waals surface area (Å²) in [5, 5.41) is 0. The van der Waals surface area contributed by atoms with Crippen molar-refractivity contribution in [3.63, 3.8) is 0 Å². The minimum absolute atomic E-state index is 0.0333. The summed E-state index contributed by atoms with van der Waals surface area (Å²) in [5.74, 6) is -0.588. The van der Waals surface area contributed by atoms with E-state index in [-0.39, 0.29) is 42.1 Å². The van der Waals surface area contributed by atoms with Crippen LogP contribution in [0, 0.1) is 0 Å². The minimum Gasteiger partial charge on any atom is -0.467 e. The average Bonchev–Trinajstić information content (AvgIpc) is 3.33. The molecule has 2 fully saturated rings. The van der Waals surface area contributed by atoms with Gasteiger partial charge in [-0.15, -0.1) is 0 Å². The third-order valence-electron chi connectivity index (χ3n) is 8.94. The predicted molar refractivity (Wildman–Crippen MR) is 176 cm³/mol. The molecule has 2 aromatic rings. The van der Waals surface area contributed by atoms with Crippen molar-refractivity contribution in [1.29, 1.82) is 0 Å². The Morgan fingerprint density at radius 1 is 0.935 bits per heavy atom. The van der Waals surface area contributed by atoms with Gasteiger partial charge in [0.15, 0.2) is 6.23 Å². The number of ether oxygens (including phenoxy) is 4. The Balaban J connectivity index is 1.76. The highest BCUT2D eigenvalue weighted by molar-refractivity contribution is 6.84. The van der Waals surface area contributed by atoms with Crippen molar-refractivity contribution in [1.82, 2.24) is 9.13 Å². The number of hydrogen-bond acceptors (Lipinski definition) is 10. The smallest absolute Gasteiger partial charge is 0.335 e. The van der Waals surface area contributed by atoms with Crippen molar-refractivity contribution in [2.75, 3.05) is 20.3 Å². The molecule has 2 saturated heterocycles. The van der Waals surface area contributed by atoms with Crippen LogP contribution in [0.4, 0.5) is 0 Å². The summed E-state index contributed by atoms with van der Waals surface area (Å²) in [7, 11) is -4.68. The molecule has 1 aromatic carbocycles. The first kappa shape index (κ1) is 36.4. The van der Waals surface area contributed by atoms with E-state index in [1.165, 1.54) is 23.9 Å². The van der Waals surface area contributed by atoms with Crippen LogP contribution in [0.1, 0.15) is 67.2 Å². The highest BCUT2D eigenvalue weighted by atomic mass is 28.5. The fourth-order valence-corrected chi connectivity index (χ4v) is 17.6. The molecule has 0 aliphatic carbocycles. The van der Waals surface area contributed by atoms with E-state index in [0.29, 0.717) is 0 Å². The van der Waals surface area contributed by atoms with E-state index in [1.807, 2.05) is 30.3 Å². The summed E-state index contributed by atoms with van der Waals surface area (Å²) in [6.07, 6.45) is -1.98. The molecular formula is C32H50N2O10Si2. The summed E-state index contributed by atoms with van der Waals surface area (Å²) in [6, 6.07) is 10.7. The van der Waals surface area contributed by atoms with E-state index >= 15 is 0 Å². The molecule has 46 heavy (non-hydrogen) atoms. The van der Waals surface area contributed by atoms with Crippen LogP contribution in [0.3, 0.4) is 0 Å². The number of fused-ring (bicyclic) bond motifs is 1. The summed E-state index contributed by atoms with van der Waals surface area (Å²) < 4.78 is 47.0. The van der Waals surface area contributed by atoms with Crippen LogP contribution in [-0.4, -0.2) is 70.9 Å². The number of carbonyl (C=O) groups excluding carboxylic acids is 1. The molecule has 2 aliphatic heterocycles. The summed E-state index contributed by atoms with van der Waals surface area (Å²) in [6.45, 7) is 16.7. The lowest BCUT2D eigenvalue weighted by Gasteiger charge is -2.51. The first-order valence-corrected chi connectivity index (χ1v) is 20.0. The zero-order valence-electron chi connectivity index (χ0n) is 28.5. The van der Waals surface area contributed by atoms with E-state index < -0.39 is 65.5 Å². The summed E-state index contributed by atoms with van der Waals surface area (Å²) in [5.41, 5.74) is 0.0623. The predicted octanol–water partition coefficient (Wildman–Crippen LogP) is 4.60. The normalized spacial score (nSPS) is 24.3. The largest absolute Gasteiger partial charge is 0.467 e. The van der Waals surface area contributed by atoms with E-state index in [4.69, 9.17) is 31.9 Å². The van der Waals surface area contributed by atoms with E-state index in [1.54, 1.807) is 0 Å². The maximum absolute atomic E-state index is 13.9. The molecule has 0 bridgehead atoms. The second-order valence-corrected chi connectivity index (χ2v) is 22.1. The van der Waals surface area contributed by atoms with Crippen molar-refractivity contribution in [3.05, 3.63) is 69.0 Å². The molecule has 4 atom stereocenters. The van der Waals surface area contributed by atoms with Gasteiger partial charge in [-0.3, -0.25) is 9.36 Å². The Labute approximate surface area is 273 Å². The van der Waals surface area contributed by atoms with Crippen LogP contribution in [0.5, 0.6) is 0 Å². The van der Waals surface area contributed by atoms with Crippen LogP contribution in [-0.2, 0) is 50.0 Å². The van der Waals surface area contributed by atoms with Crippen LogP contribution in [0.15, 0.2) is 52.2 Å². The number of esters is 1. The van der Waals surface area contributed by atoms with E-state index in [2.05, 4.69) is 55.4 Å². The van der Waals surface area contributed by atoms with Gasteiger partial charge in [-0.2, -0.15) is 0 Å². The van der Waals surface area contributed by atoms with Crippen LogP contribution in [0.2, 0.25) is 22.2 Å². The number of nitrogens with zero attached hydrogens (tertiary/aromatic N) is 2. The number of methoxy groups -OCH3 is 1. The van der Waals surface area contributed by atoms with Gasteiger partial charge < -0.3 is 31.9 Å². The zero-order valence-corrected chi connectivity index (χ0v) is 30.5. The summed E-state index contributed by atoms with van der Waals surface area (Å²) in [4.78, 5) is 39.0. The number of hydrogen-bond donors (Lipinski definition) is 0. The van der Waals surface area contributed by atoms with E-state index in [0.717, 1.165) is 10.1 Å². The molecule has 0 N–H and O–H groups in total.